The predicted octanol–water partition coefficient (Wildman–Crippen LogP) is 4.06. The lowest BCUT2D eigenvalue weighted by Crippen LogP contribution is -2.15. The standard InChI is InChI=1S/C20H30O4/c1-2-3-4-5-6-7-10-17(21)13-14-18-16(12-15-19(18)22)9-8-11-20(23)24/h6-7,12-18,21H,2-5,8-11H2,1H3,(H,23,24)/b7-6-,14-13+/t16-,17-,18-/m0/s1. The Bertz CT molecular complexity index is 476. The molecule has 0 aromatic heterocycles. The second kappa shape index (κ2) is 11.8. The lowest BCUT2D eigenvalue weighted by Gasteiger charge is -2.14. The fourth-order valence-corrected chi connectivity index (χ4v) is 2.85. The number of carbonyl (C=O) groups is 2. The van der Waals surface area contributed by atoms with E-state index in [1.807, 2.05) is 12.2 Å². The SMILES string of the molecule is CCCCC/C=C\C[C@H](O)/C=C/[C@@H]1C(=O)C=C[C@@H]1CCCC(=O)O. The average Bonchev–Trinajstić information content (AvgIpc) is 2.88. The first kappa shape index (κ1) is 20.4. The summed E-state index contributed by atoms with van der Waals surface area (Å²) in [4.78, 5) is 22.5. The molecule has 0 bridgehead atoms. The third kappa shape index (κ3) is 8.25. The van der Waals surface area contributed by atoms with Crippen molar-refractivity contribution in [2.24, 2.45) is 11.8 Å². The molecule has 1 aliphatic rings. The summed E-state index contributed by atoms with van der Waals surface area (Å²) in [6.07, 6.45) is 17.0. The summed E-state index contributed by atoms with van der Waals surface area (Å²) >= 11 is 0. The lowest BCUT2D eigenvalue weighted by atomic mass is 9.89. The van der Waals surface area contributed by atoms with Crippen LogP contribution in [0.3, 0.4) is 0 Å². The molecule has 0 radical (unpaired) electrons. The summed E-state index contributed by atoms with van der Waals surface area (Å²) in [7, 11) is 0. The van der Waals surface area contributed by atoms with Crippen LogP contribution in [0.5, 0.6) is 0 Å². The Morgan fingerprint density at radius 2 is 2.08 bits per heavy atom. The van der Waals surface area contributed by atoms with Gasteiger partial charge in [0.1, 0.15) is 0 Å². The topological polar surface area (TPSA) is 74.6 Å². The number of unbranched alkanes of at least 4 members (excludes halogenated alkanes) is 3. The van der Waals surface area contributed by atoms with Crippen molar-refractivity contribution >= 4 is 11.8 Å². The number of carbonyl (C=O) groups excluding carboxylic acids is 1. The normalized spacial score (nSPS) is 22.0. The van der Waals surface area contributed by atoms with E-state index in [0.29, 0.717) is 19.3 Å². The van der Waals surface area contributed by atoms with Crippen molar-refractivity contribution in [3.05, 3.63) is 36.5 Å². The van der Waals surface area contributed by atoms with Crippen LogP contribution in [-0.4, -0.2) is 28.1 Å². The van der Waals surface area contributed by atoms with Crippen LogP contribution in [0.4, 0.5) is 0 Å². The van der Waals surface area contributed by atoms with E-state index in [9.17, 15) is 14.7 Å². The molecule has 1 aliphatic carbocycles. The monoisotopic (exact) mass is 334 g/mol. The Morgan fingerprint density at radius 1 is 1.29 bits per heavy atom. The van der Waals surface area contributed by atoms with Gasteiger partial charge in [0.15, 0.2) is 5.78 Å². The largest absolute Gasteiger partial charge is 0.481 e. The summed E-state index contributed by atoms with van der Waals surface area (Å²) in [6, 6.07) is 0. The third-order valence-electron chi connectivity index (χ3n) is 4.28. The minimum atomic E-state index is -0.809. The fourth-order valence-electron chi connectivity index (χ4n) is 2.85. The van der Waals surface area contributed by atoms with Gasteiger partial charge in [0.25, 0.3) is 0 Å². The molecule has 134 valence electrons. The van der Waals surface area contributed by atoms with E-state index >= 15 is 0 Å². The summed E-state index contributed by atoms with van der Waals surface area (Å²) < 4.78 is 0. The highest BCUT2D eigenvalue weighted by Crippen LogP contribution is 2.28. The minimum absolute atomic E-state index is 0.0360. The van der Waals surface area contributed by atoms with E-state index in [1.165, 1.54) is 19.3 Å². The molecule has 0 aromatic carbocycles. The maximum atomic E-state index is 11.9. The Hall–Kier alpha value is -1.68. The smallest absolute Gasteiger partial charge is 0.303 e. The van der Waals surface area contributed by atoms with Crippen LogP contribution in [0, 0.1) is 11.8 Å². The quantitative estimate of drug-likeness (QED) is 0.417. The average molecular weight is 334 g/mol. The fraction of sp³-hybridized carbons (Fsp3) is 0.600. The van der Waals surface area contributed by atoms with Crippen LogP contribution >= 0.6 is 0 Å². The maximum Gasteiger partial charge on any atom is 0.303 e. The molecule has 0 fully saturated rings. The Kier molecular flexibility index (Phi) is 10.0. The van der Waals surface area contributed by atoms with E-state index in [1.54, 1.807) is 18.2 Å². The van der Waals surface area contributed by atoms with E-state index in [-0.39, 0.29) is 24.0 Å². The van der Waals surface area contributed by atoms with Crippen LogP contribution in [0.25, 0.3) is 0 Å². The molecule has 4 heteroatoms. The van der Waals surface area contributed by atoms with Crippen molar-refractivity contribution in [1.29, 1.82) is 0 Å². The van der Waals surface area contributed by atoms with Crippen molar-refractivity contribution in [2.75, 3.05) is 0 Å². The molecule has 1 rings (SSSR count). The van der Waals surface area contributed by atoms with E-state index in [4.69, 9.17) is 5.11 Å². The first-order chi connectivity index (χ1) is 11.5. The highest BCUT2D eigenvalue weighted by molar-refractivity contribution is 5.95. The molecule has 2 N–H and O–H groups in total. The number of hydrogen-bond donors (Lipinski definition) is 2. The predicted molar refractivity (Wildman–Crippen MR) is 95.7 cm³/mol. The molecule has 0 aromatic rings. The number of ketones is 1. The van der Waals surface area contributed by atoms with Crippen molar-refractivity contribution in [3.63, 3.8) is 0 Å². The molecule has 24 heavy (non-hydrogen) atoms. The Balaban J connectivity index is 2.36. The number of carboxylic acid groups (broad SMARTS) is 1. The number of aliphatic hydroxyl groups excluding tert-OH is 1. The summed E-state index contributed by atoms with van der Waals surface area (Å²) in [6.45, 7) is 2.17. The number of hydrogen-bond acceptors (Lipinski definition) is 3. The number of carboxylic acids is 1. The molecule has 0 saturated carbocycles. The Labute approximate surface area is 145 Å². The number of aliphatic hydroxyl groups is 1. The Morgan fingerprint density at radius 3 is 2.79 bits per heavy atom. The van der Waals surface area contributed by atoms with Gasteiger partial charge in [-0.15, -0.1) is 0 Å². The van der Waals surface area contributed by atoms with Gasteiger partial charge in [-0.05, 0) is 44.1 Å². The number of rotatable bonds is 12. The van der Waals surface area contributed by atoms with Gasteiger partial charge in [-0.1, -0.05) is 50.1 Å². The van der Waals surface area contributed by atoms with Gasteiger partial charge in [0.2, 0.25) is 0 Å². The highest BCUT2D eigenvalue weighted by atomic mass is 16.4. The molecule has 0 heterocycles. The lowest BCUT2D eigenvalue weighted by molar-refractivity contribution is -0.137. The second-order valence-electron chi connectivity index (χ2n) is 6.39. The zero-order valence-corrected chi connectivity index (χ0v) is 14.6. The highest BCUT2D eigenvalue weighted by Gasteiger charge is 2.27. The number of allylic oxidation sites excluding steroid dienone is 4. The molecular weight excluding hydrogens is 304 g/mol. The number of aliphatic carboxylic acids is 1. The molecule has 0 saturated heterocycles. The van der Waals surface area contributed by atoms with Crippen molar-refractivity contribution < 1.29 is 19.8 Å². The van der Waals surface area contributed by atoms with Gasteiger partial charge in [0.05, 0.1) is 6.10 Å². The summed E-state index contributed by atoms with van der Waals surface area (Å²) in [5.74, 6) is -0.989. The summed E-state index contributed by atoms with van der Waals surface area (Å²) in [5.41, 5.74) is 0. The zero-order valence-electron chi connectivity index (χ0n) is 14.6. The van der Waals surface area contributed by atoms with Crippen molar-refractivity contribution in [1.82, 2.24) is 0 Å². The summed E-state index contributed by atoms with van der Waals surface area (Å²) in [5, 5.41) is 18.7. The van der Waals surface area contributed by atoms with Crippen LogP contribution in [-0.2, 0) is 9.59 Å². The molecule has 0 amide bonds. The molecule has 0 unspecified atom stereocenters. The maximum absolute atomic E-state index is 11.9. The van der Waals surface area contributed by atoms with E-state index < -0.39 is 12.1 Å². The zero-order chi connectivity index (χ0) is 17.8. The van der Waals surface area contributed by atoms with Crippen LogP contribution in [0.15, 0.2) is 36.5 Å². The molecule has 0 spiro atoms. The van der Waals surface area contributed by atoms with Crippen LogP contribution < -0.4 is 0 Å². The van der Waals surface area contributed by atoms with Gasteiger partial charge < -0.3 is 10.2 Å². The van der Waals surface area contributed by atoms with Gasteiger partial charge >= 0.3 is 5.97 Å². The van der Waals surface area contributed by atoms with E-state index in [0.717, 1.165) is 6.42 Å². The van der Waals surface area contributed by atoms with Gasteiger partial charge in [-0.25, -0.2) is 0 Å². The van der Waals surface area contributed by atoms with Gasteiger partial charge in [0, 0.05) is 12.3 Å². The van der Waals surface area contributed by atoms with Crippen molar-refractivity contribution in [3.8, 4) is 0 Å². The minimum Gasteiger partial charge on any atom is -0.481 e. The first-order valence-corrected chi connectivity index (χ1v) is 8.99. The molecular formula is C20H30O4. The molecule has 0 aliphatic heterocycles. The third-order valence-corrected chi connectivity index (χ3v) is 4.28. The molecule has 4 nitrogen and oxygen atoms in total. The van der Waals surface area contributed by atoms with Crippen LogP contribution in [0.2, 0.25) is 0 Å². The van der Waals surface area contributed by atoms with E-state index in [2.05, 4.69) is 13.0 Å². The van der Waals surface area contributed by atoms with Gasteiger partial charge in [-0.2, -0.15) is 0 Å². The first-order valence-electron chi connectivity index (χ1n) is 8.99. The van der Waals surface area contributed by atoms with Gasteiger partial charge in [-0.3, -0.25) is 9.59 Å². The second-order valence-corrected chi connectivity index (χ2v) is 6.39. The van der Waals surface area contributed by atoms with Crippen LogP contribution in [0.1, 0.15) is 58.3 Å². The molecule has 3 atom stereocenters. The van der Waals surface area contributed by atoms with Crippen molar-refractivity contribution in [2.45, 2.75) is 64.4 Å².